The number of rotatable bonds is 3. The van der Waals surface area contributed by atoms with Crippen molar-refractivity contribution in [3.8, 4) is 0 Å². The molecule has 1 aliphatic carbocycles. The van der Waals surface area contributed by atoms with Crippen LogP contribution in [0.4, 0.5) is 0 Å². The summed E-state index contributed by atoms with van der Waals surface area (Å²) in [6.07, 6.45) is 2.52. The molecule has 2 aromatic rings. The van der Waals surface area contributed by atoms with Crippen molar-refractivity contribution in [3.05, 3.63) is 29.1 Å². The highest BCUT2D eigenvalue weighted by molar-refractivity contribution is 6.31. The van der Waals surface area contributed by atoms with Gasteiger partial charge in [-0.1, -0.05) is 24.9 Å². The molecule has 3 rings (SSSR count). The average Bonchev–Trinajstić information content (AvgIpc) is 3.00. The van der Waals surface area contributed by atoms with E-state index in [-0.39, 0.29) is 5.92 Å². The SMILES string of the molecule is CCC1CC(C(=O)O)C(c2nc3ccc(Cl)cc3o2)C1. The molecule has 0 amide bonds. The van der Waals surface area contributed by atoms with Crippen molar-refractivity contribution in [1.82, 2.24) is 4.98 Å². The van der Waals surface area contributed by atoms with Crippen LogP contribution in [0.15, 0.2) is 22.6 Å². The van der Waals surface area contributed by atoms with Crippen LogP contribution >= 0.6 is 11.6 Å². The van der Waals surface area contributed by atoms with Gasteiger partial charge in [0, 0.05) is 17.0 Å². The molecule has 0 bridgehead atoms. The van der Waals surface area contributed by atoms with E-state index in [1.807, 2.05) is 0 Å². The van der Waals surface area contributed by atoms with E-state index < -0.39 is 11.9 Å². The zero-order valence-corrected chi connectivity index (χ0v) is 11.9. The van der Waals surface area contributed by atoms with Gasteiger partial charge in [-0.05, 0) is 30.9 Å². The Bertz CT molecular complexity index is 652. The Kier molecular flexibility index (Phi) is 3.42. The second-order valence-corrected chi connectivity index (χ2v) is 5.90. The van der Waals surface area contributed by atoms with Gasteiger partial charge >= 0.3 is 5.97 Å². The third-order valence-electron chi connectivity index (χ3n) is 4.24. The van der Waals surface area contributed by atoms with Crippen molar-refractivity contribution in [2.75, 3.05) is 0 Å². The smallest absolute Gasteiger partial charge is 0.307 e. The summed E-state index contributed by atoms with van der Waals surface area (Å²) in [4.78, 5) is 15.9. The lowest BCUT2D eigenvalue weighted by atomic mass is 9.96. The minimum absolute atomic E-state index is 0.136. The van der Waals surface area contributed by atoms with E-state index in [1.165, 1.54) is 0 Å². The number of aromatic nitrogens is 1. The van der Waals surface area contributed by atoms with Crippen molar-refractivity contribution >= 4 is 28.7 Å². The van der Waals surface area contributed by atoms with Crippen LogP contribution in [-0.2, 0) is 4.79 Å². The van der Waals surface area contributed by atoms with Crippen molar-refractivity contribution in [1.29, 1.82) is 0 Å². The molecule has 1 heterocycles. The fourth-order valence-electron chi connectivity index (χ4n) is 3.10. The Labute approximate surface area is 121 Å². The van der Waals surface area contributed by atoms with Gasteiger partial charge in [0.05, 0.1) is 5.92 Å². The Morgan fingerprint density at radius 2 is 2.30 bits per heavy atom. The molecule has 0 aliphatic heterocycles. The van der Waals surface area contributed by atoms with Gasteiger partial charge in [0.2, 0.25) is 0 Å². The first-order valence-corrected chi connectivity index (χ1v) is 7.25. The standard InChI is InChI=1S/C15H16ClNO3/c1-2-8-5-10(11(6-8)15(18)19)14-17-12-4-3-9(16)7-13(12)20-14/h3-4,7-8,10-11H,2,5-6H2,1H3,(H,18,19). The molecule has 1 aliphatic rings. The minimum atomic E-state index is -0.758. The van der Waals surface area contributed by atoms with E-state index in [4.69, 9.17) is 16.0 Å². The average molecular weight is 294 g/mol. The molecule has 3 unspecified atom stereocenters. The Morgan fingerprint density at radius 1 is 1.50 bits per heavy atom. The summed E-state index contributed by atoms with van der Waals surface area (Å²) in [6, 6.07) is 5.27. The maximum absolute atomic E-state index is 11.4. The predicted molar refractivity (Wildman–Crippen MR) is 75.9 cm³/mol. The number of hydrogen-bond acceptors (Lipinski definition) is 3. The molecule has 5 heteroatoms. The van der Waals surface area contributed by atoms with E-state index in [0.29, 0.717) is 28.8 Å². The molecule has 4 nitrogen and oxygen atoms in total. The highest BCUT2D eigenvalue weighted by Gasteiger charge is 2.41. The highest BCUT2D eigenvalue weighted by atomic mass is 35.5. The fraction of sp³-hybridized carbons (Fsp3) is 0.467. The van der Waals surface area contributed by atoms with Crippen LogP contribution in [0.5, 0.6) is 0 Å². The van der Waals surface area contributed by atoms with E-state index in [9.17, 15) is 9.90 Å². The number of halogens is 1. The van der Waals surface area contributed by atoms with Crippen molar-refractivity contribution in [2.24, 2.45) is 11.8 Å². The number of carbonyl (C=O) groups is 1. The molecule has 20 heavy (non-hydrogen) atoms. The van der Waals surface area contributed by atoms with Gasteiger partial charge < -0.3 is 9.52 Å². The molecule has 1 N–H and O–H groups in total. The number of benzene rings is 1. The normalized spacial score (nSPS) is 26.2. The zero-order chi connectivity index (χ0) is 14.3. The minimum Gasteiger partial charge on any atom is -0.481 e. The second-order valence-electron chi connectivity index (χ2n) is 5.46. The topological polar surface area (TPSA) is 63.3 Å². The van der Waals surface area contributed by atoms with Crippen LogP contribution in [0.1, 0.15) is 38.0 Å². The molecule has 0 radical (unpaired) electrons. The monoisotopic (exact) mass is 293 g/mol. The summed E-state index contributed by atoms with van der Waals surface area (Å²) in [5.74, 6) is -0.330. The van der Waals surface area contributed by atoms with Gasteiger partial charge in [0.15, 0.2) is 11.5 Å². The van der Waals surface area contributed by atoms with E-state index >= 15 is 0 Å². The lowest BCUT2D eigenvalue weighted by molar-refractivity contribution is -0.142. The number of carboxylic acid groups (broad SMARTS) is 1. The lowest BCUT2D eigenvalue weighted by Crippen LogP contribution is -2.17. The highest BCUT2D eigenvalue weighted by Crippen LogP contribution is 2.44. The van der Waals surface area contributed by atoms with Crippen LogP contribution < -0.4 is 0 Å². The van der Waals surface area contributed by atoms with Crippen LogP contribution in [0, 0.1) is 11.8 Å². The molecular weight excluding hydrogens is 278 g/mol. The third kappa shape index (κ3) is 2.29. The van der Waals surface area contributed by atoms with E-state index in [0.717, 1.165) is 18.4 Å². The van der Waals surface area contributed by atoms with Crippen LogP contribution in [0.2, 0.25) is 5.02 Å². The van der Waals surface area contributed by atoms with Gasteiger partial charge in [0.25, 0.3) is 0 Å². The first-order valence-electron chi connectivity index (χ1n) is 6.87. The first kappa shape index (κ1) is 13.4. The van der Waals surface area contributed by atoms with Gasteiger partial charge in [0.1, 0.15) is 5.52 Å². The lowest BCUT2D eigenvalue weighted by Gasteiger charge is -2.10. The van der Waals surface area contributed by atoms with Gasteiger partial charge in [-0.3, -0.25) is 4.79 Å². The second kappa shape index (κ2) is 5.09. The summed E-state index contributed by atoms with van der Waals surface area (Å²) in [6.45, 7) is 2.10. The quantitative estimate of drug-likeness (QED) is 0.926. The third-order valence-corrected chi connectivity index (χ3v) is 4.47. The summed E-state index contributed by atoms with van der Waals surface area (Å²) in [7, 11) is 0. The number of aliphatic carboxylic acids is 1. The Balaban J connectivity index is 1.98. The molecule has 0 spiro atoms. The van der Waals surface area contributed by atoms with Crippen molar-refractivity contribution in [2.45, 2.75) is 32.1 Å². The maximum atomic E-state index is 11.4. The van der Waals surface area contributed by atoms with E-state index in [2.05, 4.69) is 11.9 Å². The number of hydrogen-bond donors (Lipinski definition) is 1. The number of oxazole rings is 1. The fourth-order valence-corrected chi connectivity index (χ4v) is 3.26. The van der Waals surface area contributed by atoms with Gasteiger partial charge in [-0.25, -0.2) is 4.98 Å². The van der Waals surface area contributed by atoms with Crippen LogP contribution in [0.25, 0.3) is 11.1 Å². The van der Waals surface area contributed by atoms with Crippen LogP contribution in [-0.4, -0.2) is 16.1 Å². The molecular formula is C15H16ClNO3. The van der Waals surface area contributed by atoms with E-state index in [1.54, 1.807) is 18.2 Å². The summed E-state index contributed by atoms with van der Waals surface area (Å²) in [5.41, 5.74) is 1.35. The van der Waals surface area contributed by atoms with Gasteiger partial charge in [-0.15, -0.1) is 0 Å². The maximum Gasteiger partial charge on any atom is 0.307 e. The first-order chi connectivity index (χ1) is 9.58. The zero-order valence-electron chi connectivity index (χ0n) is 11.2. The number of nitrogens with zero attached hydrogens (tertiary/aromatic N) is 1. The summed E-state index contributed by atoms with van der Waals surface area (Å²) < 4.78 is 5.75. The van der Waals surface area contributed by atoms with Crippen molar-refractivity contribution < 1.29 is 14.3 Å². The van der Waals surface area contributed by atoms with Crippen molar-refractivity contribution in [3.63, 3.8) is 0 Å². The largest absolute Gasteiger partial charge is 0.481 e. The predicted octanol–water partition coefficient (Wildman–Crippen LogP) is 4.09. The van der Waals surface area contributed by atoms with Gasteiger partial charge in [-0.2, -0.15) is 0 Å². The summed E-state index contributed by atoms with van der Waals surface area (Å²) in [5, 5.41) is 9.98. The summed E-state index contributed by atoms with van der Waals surface area (Å²) >= 11 is 5.93. The molecule has 1 aromatic carbocycles. The Hall–Kier alpha value is -1.55. The molecule has 1 saturated carbocycles. The molecule has 1 fully saturated rings. The number of carboxylic acids is 1. The molecule has 3 atom stereocenters. The number of fused-ring (bicyclic) bond motifs is 1. The Morgan fingerprint density at radius 3 is 3.00 bits per heavy atom. The van der Waals surface area contributed by atoms with Crippen LogP contribution in [0.3, 0.4) is 0 Å². The molecule has 106 valence electrons. The molecule has 1 aromatic heterocycles. The molecule has 0 saturated heterocycles.